The van der Waals surface area contributed by atoms with Gasteiger partial charge in [-0.05, 0) is 71.9 Å². The van der Waals surface area contributed by atoms with E-state index >= 15 is 0 Å². The molecule has 4 rings (SSSR count). The number of benzene rings is 3. The molecule has 3 aromatic rings. The van der Waals surface area contributed by atoms with Crippen molar-refractivity contribution in [2.45, 2.75) is 6.61 Å². The second kappa shape index (κ2) is 11.9. The first-order chi connectivity index (χ1) is 18.3. The largest absolute Gasteiger partial charge is 0.497 e. The molecular formula is C27H23ClN2O7S. The summed E-state index contributed by atoms with van der Waals surface area (Å²) < 4.78 is 22.2. The molecule has 0 radical (unpaired) electrons. The van der Waals surface area contributed by atoms with Crippen LogP contribution in [0.1, 0.15) is 21.5 Å². The Balaban J connectivity index is 1.51. The van der Waals surface area contributed by atoms with Crippen LogP contribution in [-0.2, 0) is 11.4 Å². The molecule has 11 heteroatoms. The molecule has 0 saturated carbocycles. The number of ether oxygens (including phenoxy) is 4. The standard InChI is InChI=1S/C27H23ClN2O7S/c1-34-18-6-9-21(35-2)16(12-18)14-37-22-8-4-15(10-23(22)36-3)11-24-25(31)30-27(38-24)29-17-5-7-20(28)19(13-17)26(32)33/h4-13H,14H2,1-3H3,(H,32,33)(H,29,30,31)/b24-11-. The normalized spacial score (nSPS) is 14.9. The van der Waals surface area contributed by atoms with Gasteiger partial charge >= 0.3 is 5.97 Å². The van der Waals surface area contributed by atoms with Crippen molar-refractivity contribution in [2.75, 3.05) is 21.3 Å². The zero-order valence-corrected chi connectivity index (χ0v) is 22.2. The van der Waals surface area contributed by atoms with E-state index in [-0.39, 0.29) is 23.1 Å². The fourth-order valence-electron chi connectivity index (χ4n) is 3.54. The molecule has 0 atom stereocenters. The average Bonchev–Trinajstić information content (AvgIpc) is 3.26. The van der Waals surface area contributed by atoms with Gasteiger partial charge in [0.15, 0.2) is 16.7 Å². The summed E-state index contributed by atoms with van der Waals surface area (Å²) in [6.45, 7) is 0.226. The van der Waals surface area contributed by atoms with Crippen molar-refractivity contribution in [3.05, 3.63) is 81.2 Å². The Morgan fingerprint density at radius 3 is 2.47 bits per heavy atom. The van der Waals surface area contributed by atoms with Gasteiger partial charge in [-0.1, -0.05) is 17.7 Å². The predicted molar refractivity (Wildman–Crippen MR) is 146 cm³/mol. The lowest BCUT2D eigenvalue weighted by Crippen LogP contribution is -2.19. The second-order valence-corrected chi connectivity index (χ2v) is 9.27. The molecule has 2 N–H and O–H groups in total. The third kappa shape index (κ3) is 6.21. The summed E-state index contributed by atoms with van der Waals surface area (Å²) in [6.07, 6.45) is 1.70. The van der Waals surface area contributed by atoms with Crippen LogP contribution < -0.4 is 24.3 Å². The van der Waals surface area contributed by atoms with Gasteiger partial charge in [0.1, 0.15) is 18.1 Å². The summed E-state index contributed by atoms with van der Waals surface area (Å²) in [6, 6.07) is 15.1. The SMILES string of the molecule is COc1ccc(OC)c(COc2ccc(/C=C3\SC(=Nc4ccc(Cl)c(C(=O)O)c4)NC3=O)cc2OC)c1. The van der Waals surface area contributed by atoms with Crippen molar-refractivity contribution in [2.24, 2.45) is 4.99 Å². The lowest BCUT2D eigenvalue weighted by molar-refractivity contribution is -0.115. The molecule has 1 aliphatic heterocycles. The molecule has 1 fully saturated rings. The van der Waals surface area contributed by atoms with Crippen LogP contribution in [0.15, 0.2) is 64.5 Å². The fourth-order valence-corrected chi connectivity index (χ4v) is 4.58. The van der Waals surface area contributed by atoms with Crippen molar-refractivity contribution in [1.29, 1.82) is 0 Å². The summed E-state index contributed by atoms with van der Waals surface area (Å²) in [5.41, 5.74) is 1.80. The molecule has 0 aliphatic carbocycles. The monoisotopic (exact) mass is 554 g/mol. The van der Waals surface area contributed by atoms with E-state index in [1.54, 1.807) is 50.6 Å². The molecule has 1 amide bonds. The quantitative estimate of drug-likeness (QED) is 0.331. The van der Waals surface area contributed by atoms with E-state index in [1.807, 2.05) is 12.1 Å². The molecule has 9 nitrogen and oxygen atoms in total. The van der Waals surface area contributed by atoms with E-state index < -0.39 is 5.97 Å². The summed E-state index contributed by atoms with van der Waals surface area (Å²) >= 11 is 7.05. The van der Waals surface area contributed by atoms with Gasteiger partial charge in [0.05, 0.1) is 42.5 Å². The minimum atomic E-state index is -1.16. The maximum Gasteiger partial charge on any atom is 0.337 e. The number of hydrogen-bond donors (Lipinski definition) is 2. The van der Waals surface area contributed by atoms with Crippen LogP contribution in [0.3, 0.4) is 0 Å². The van der Waals surface area contributed by atoms with Crippen molar-refractivity contribution >= 4 is 52.2 Å². The fraction of sp³-hybridized carbons (Fsp3) is 0.148. The molecule has 0 unspecified atom stereocenters. The van der Waals surface area contributed by atoms with E-state index in [9.17, 15) is 14.7 Å². The van der Waals surface area contributed by atoms with Gasteiger partial charge < -0.3 is 29.4 Å². The first-order valence-electron chi connectivity index (χ1n) is 11.2. The highest BCUT2D eigenvalue weighted by Crippen LogP contribution is 2.34. The first-order valence-corrected chi connectivity index (χ1v) is 12.3. The van der Waals surface area contributed by atoms with Crippen LogP contribution in [0, 0.1) is 0 Å². The number of amidine groups is 1. The molecule has 0 spiro atoms. The molecule has 1 aliphatic rings. The molecule has 1 saturated heterocycles. The van der Waals surface area contributed by atoms with Crippen LogP contribution in [0.25, 0.3) is 6.08 Å². The van der Waals surface area contributed by atoms with Gasteiger partial charge in [0.25, 0.3) is 5.91 Å². The second-order valence-electron chi connectivity index (χ2n) is 7.83. The van der Waals surface area contributed by atoms with Gasteiger partial charge in [-0.25, -0.2) is 9.79 Å². The van der Waals surface area contributed by atoms with Crippen molar-refractivity contribution in [3.63, 3.8) is 0 Å². The Labute approximate surface area is 228 Å². The Hall–Kier alpha value is -4.15. The number of aliphatic imine (C=N–C) groups is 1. The molecule has 0 bridgehead atoms. The van der Waals surface area contributed by atoms with E-state index in [0.717, 1.165) is 17.3 Å². The summed E-state index contributed by atoms with van der Waals surface area (Å²) in [4.78, 5) is 28.6. The van der Waals surface area contributed by atoms with Crippen LogP contribution in [0.2, 0.25) is 5.02 Å². The first kappa shape index (κ1) is 26.9. The minimum Gasteiger partial charge on any atom is -0.497 e. The summed E-state index contributed by atoms with van der Waals surface area (Å²) in [5.74, 6) is 0.871. The number of nitrogens with one attached hydrogen (secondary N) is 1. The number of nitrogens with zero attached hydrogens (tertiary/aromatic N) is 1. The maximum atomic E-state index is 12.5. The van der Waals surface area contributed by atoms with E-state index in [2.05, 4.69) is 10.3 Å². The minimum absolute atomic E-state index is 0.0714. The summed E-state index contributed by atoms with van der Waals surface area (Å²) in [7, 11) is 4.71. The Bertz CT molecular complexity index is 1460. The maximum absolute atomic E-state index is 12.5. The highest BCUT2D eigenvalue weighted by Gasteiger charge is 2.24. The van der Waals surface area contributed by atoms with E-state index in [1.165, 1.54) is 19.2 Å². The van der Waals surface area contributed by atoms with Crippen molar-refractivity contribution in [3.8, 4) is 23.0 Å². The number of rotatable bonds is 9. The number of aromatic carboxylic acids is 1. The van der Waals surface area contributed by atoms with Crippen LogP contribution in [-0.4, -0.2) is 43.5 Å². The number of carboxylic acid groups (broad SMARTS) is 1. The van der Waals surface area contributed by atoms with E-state index in [4.69, 9.17) is 30.5 Å². The molecule has 1 heterocycles. The average molecular weight is 555 g/mol. The van der Waals surface area contributed by atoms with E-state index in [0.29, 0.717) is 44.3 Å². The van der Waals surface area contributed by atoms with Crippen molar-refractivity contribution < 1.29 is 33.6 Å². The molecule has 0 aromatic heterocycles. The highest BCUT2D eigenvalue weighted by atomic mass is 35.5. The third-order valence-corrected chi connectivity index (χ3v) is 6.66. The zero-order valence-electron chi connectivity index (χ0n) is 20.6. The van der Waals surface area contributed by atoms with Crippen LogP contribution in [0.5, 0.6) is 23.0 Å². The topological polar surface area (TPSA) is 116 Å². The van der Waals surface area contributed by atoms with Gasteiger partial charge in [0.2, 0.25) is 0 Å². The van der Waals surface area contributed by atoms with Gasteiger partial charge in [-0.15, -0.1) is 0 Å². The molecule has 38 heavy (non-hydrogen) atoms. The summed E-state index contributed by atoms with van der Waals surface area (Å²) in [5, 5.41) is 12.4. The number of methoxy groups -OCH3 is 3. The molecular weight excluding hydrogens is 532 g/mol. The predicted octanol–water partition coefficient (Wildman–Crippen LogP) is 5.53. The number of halogens is 1. The van der Waals surface area contributed by atoms with Gasteiger partial charge in [0, 0.05) is 5.56 Å². The van der Waals surface area contributed by atoms with Gasteiger partial charge in [-0.2, -0.15) is 0 Å². The third-order valence-electron chi connectivity index (χ3n) is 5.42. The lowest BCUT2D eigenvalue weighted by Gasteiger charge is -2.14. The zero-order chi connectivity index (χ0) is 27.2. The molecule has 3 aromatic carbocycles. The number of carboxylic acids is 1. The molecule has 196 valence electrons. The van der Waals surface area contributed by atoms with Gasteiger partial charge in [-0.3, -0.25) is 4.79 Å². The number of thioether (sulfide) groups is 1. The highest BCUT2D eigenvalue weighted by molar-refractivity contribution is 8.18. The Kier molecular flexibility index (Phi) is 8.45. The number of amides is 1. The van der Waals surface area contributed by atoms with Crippen LogP contribution in [0.4, 0.5) is 5.69 Å². The number of carbonyl (C=O) groups excluding carboxylic acids is 1. The smallest absolute Gasteiger partial charge is 0.337 e. The Morgan fingerprint density at radius 2 is 1.76 bits per heavy atom. The Morgan fingerprint density at radius 1 is 1.00 bits per heavy atom. The number of hydrogen-bond acceptors (Lipinski definition) is 8. The van der Waals surface area contributed by atoms with Crippen LogP contribution >= 0.6 is 23.4 Å². The number of carbonyl (C=O) groups is 2. The van der Waals surface area contributed by atoms with Crippen molar-refractivity contribution in [1.82, 2.24) is 5.32 Å². The lowest BCUT2D eigenvalue weighted by atomic mass is 10.1.